The summed E-state index contributed by atoms with van der Waals surface area (Å²) >= 11 is 0. The molecule has 1 saturated heterocycles. The standard InChI is InChI=1S/C21H28N2O4/c1-26-14-13-23-18-9-5-6-11-21(18,12-10-20(23)25)16-22-19(24)15-27-17-7-3-2-4-8-17/h2-4,7-9H,5-6,10-16H2,1H3,(H,22,24). The largest absolute Gasteiger partial charge is 0.484 e. The molecule has 27 heavy (non-hydrogen) atoms. The maximum Gasteiger partial charge on any atom is 0.257 e. The smallest absolute Gasteiger partial charge is 0.257 e. The molecule has 0 radical (unpaired) electrons. The number of nitrogens with zero attached hydrogens (tertiary/aromatic N) is 1. The lowest BCUT2D eigenvalue weighted by Crippen LogP contribution is -2.51. The van der Waals surface area contributed by atoms with Crippen LogP contribution in [-0.4, -0.2) is 50.1 Å². The predicted molar refractivity (Wildman–Crippen MR) is 102 cm³/mol. The Balaban J connectivity index is 1.61. The van der Waals surface area contributed by atoms with E-state index in [0.29, 0.717) is 31.9 Å². The van der Waals surface area contributed by atoms with Gasteiger partial charge in [0.2, 0.25) is 5.91 Å². The number of methoxy groups -OCH3 is 1. The van der Waals surface area contributed by atoms with E-state index in [1.807, 2.05) is 35.2 Å². The Bertz CT molecular complexity index is 689. The maximum atomic E-state index is 12.4. The van der Waals surface area contributed by atoms with E-state index in [1.54, 1.807) is 7.11 Å². The second kappa shape index (κ2) is 9.04. The first-order valence-corrected chi connectivity index (χ1v) is 9.59. The van der Waals surface area contributed by atoms with E-state index in [2.05, 4.69) is 11.4 Å². The lowest BCUT2D eigenvalue weighted by Gasteiger charge is -2.47. The maximum absolute atomic E-state index is 12.4. The van der Waals surface area contributed by atoms with Crippen molar-refractivity contribution in [3.05, 3.63) is 42.1 Å². The summed E-state index contributed by atoms with van der Waals surface area (Å²) in [6, 6.07) is 9.31. The van der Waals surface area contributed by atoms with Crippen molar-refractivity contribution in [1.29, 1.82) is 0 Å². The number of likely N-dealkylation sites (tertiary alicyclic amines) is 1. The van der Waals surface area contributed by atoms with Gasteiger partial charge in [0.25, 0.3) is 5.91 Å². The van der Waals surface area contributed by atoms with Gasteiger partial charge in [-0.15, -0.1) is 0 Å². The van der Waals surface area contributed by atoms with Crippen LogP contribution in [0, 0.1) is 5.41 Å². The van der Waals surface area contributed by atoms with E-state index in [0.717, 1.165) is 31.4 Å². The average Bonchev–Trinajstić information content (AvgIpc) is 2.71. The van der Waals surface area contributed by atoms with Crippen molar-refractivity contribution >= 4 is 11.8 Å². The van der Waals surface area contributed by atoms with E-state index in [9.17, 15) is 9.59 Å². The van der Waals surface area contributed by atoms with Crippen molar-refractivity contribution in [2.75, 3.05) is 33.4 Å². The Kier molecular flexibility index (Phi) is 6.50. The fraction of sp³-hybridized carbons (Fsp3) is 0.524. The number of ether oxygens (including phenoxy) is 2. The molecule has 2 amide bonds. The zero-order chi connectivity index (χ0) is 19.1. The highest BCUT2D eigenvalue weighted by Crippen LogP contribution is 2.46. The SMILES string of the molecule is COCCN1C(=O)CCC2(CNC(=O)COc3ccccc3)CCCC=C12. The summed E-state index contributed by atoms with van der Waals surface area (Å²) in [5.41, 5.74) is 0.897. The number of hydrogen-bond donors (Lipinski definition) is 1. The Hall–Kier alpha value is -2.34. The molecule has 2 aliphatic rings. The molecule has 0 aromatic heterocycles. The summed E-state index contributed by atoms with van der Waals surface area (Å²) in [6.07, 6.45) is 6.49. The number of piperidine rings is 1. The number of allylic oxidation sites excluding steroid dienone is 1. The number of hydrogen-bond acceptors (Lipinski definition) is 4. The molecule has 1 atom stereocenters. The van der Waals surface area contributed by atoms with Crippen LogP contribution in [0.1, 0.15) is 32.1 Å². The van der Waals surface area contributed by atoms with E-state index in [1.165, 1.54) is 0 Å². The quantitative estimate of drug-likeness (QED) is 0.761. The van der Waals surface area contributed by atoms with Crippen LogP contribution in [0.25, 0.3) is 0 Å². The Morgan fingerprint density at radius 1 is 1.26 bits per heavy atom. The van der Waals surface area contributed by atoms with Crippen LogP contribution in [0.15, 0.2) is 42.1 Å². The summed E-state index contributed by atoms with van der Waals surface area (Å²) < 4.78 is 10.7. The van der Waals surface area contributed by atoms with Gasteiger partial charge in [-0.3, -0.25) is 9.59 Å². The summed E-state index contributed by atoms with van der Waals surface area (Å²) in [7, 11) is 1.64. The summed E-state index contributed by atoms with van der Waals surface area (Å²) in [6.45, 7) is 1.60. The minimum absolute atomic E-state index is 0.00847. The molecule has 0 bridgehead atoms. The number of rotatable bonds is 8. The molecule has 3 rings (SSSR count). The highest BCUT2D eigenvalue weighted by molar-refractivity contribution is 5.80. The summed E-state index contributed by atoms with van der Waals surface area (Å²) in [5.74, 6) is 0.686. The molecule has 1 N–H and O–H groups in total. The molecule has 1 aromatic rings. The van der Waals surface area contributed by atoms with Gasteiger partial charge in [-0.2, -0.15) is 0 Å². The fourth-order valence-electron chi connectivity index (χ4n) is 3.97. The van der Waals surface area contributed by atoms with E-state index < -0.39 is 0 Å². The highest BCUT2D eigenvalue weighted by Gasteiger charge is 2.44. The number of carbonyl (C=O) groups is 2. The number of carbonyl (C=O) groups excluding carboxylic acids is 2. The molecule has 1 fully saturated rings. The topological polar surface area (TPSA) is 67.9 Å². The van der Waals surface area contributed by atoms with Gasteiger partial charge in [-0.05, 0) is 37.8 Å². The molecule has 1 unspecified atom stereocenters. The third kappa shape index (κ3) is 4.69. The van der Waals surface area contributed by atoms with Crippen LogP contribution in [0.4, 0.5) is 0 Å². The van der Waals surface area contributed by atoms with Crippen molar-refractivity contribution in [3.8, 4) is 5.75 Å². The third-order valence-corrected chi connectivity index (χ3v) is 5.41. The second-order valence-corrected chi connectivity index (χ2v) is 7.18. The van der Waals surface area contributed by atoms with Crippen LogP contribution in [-0.2, 0) is 14.3 Å². The van der Waals surface area contributed by atoms with Gasteiger partial charge in [0.05, 0.1) is 6.61 Å². The molecular weight excluding hydrogens is 344 g/mol. The van der Waals surface area contributed by atoms with Crippen LogP contribution >= 0.6 is 0 Å². The molecular formula is C21H28N2O4. The van der Waals surface area contributed by atoms with Crippen LogP contribution in [0.5, 0.6) is 5.75 Å². The Labute approximate surface area is 160 Å². The van der Waals surface area contributed by atoms with E-state index in [4.69, 9.17) is 9.47 Å². The molecule has 0 spiro atoms. The van der Waals surface area contributed by atoms with Crippen LogP contribution in [0.2, 0.25) is 0 Å². The molecule has 6 heteroatoms. The number of benzene rings is 1. The fourth-order valence-corrected chi connectivity index (χ4v) is 3.97. The Morgan fingerprint density at radius 2 is 2.07 bits per heavy atom. The van der Waals surface area contributed by atoms with Crippen molar-refractivity contribution in [2.24, 2.45) is 5.41 Å². The lowest BCUT2D eigenvalue weighted by molar-refractivity contribution is -0.134. The van der Waals surface area contributed by atoms with Crippen molar-refractivity contribution in [2.45, 2.75) is 32.1 Å². The molecule has 146 valence electrons. The van der Waals surface area contributed by atoms with Gasteiger partial charge >= 0.3 is 0 Å². The zero-order valence-electron chi connectivity index (χ0n) is 15.9. The lowest BCUT2D eigenvalue weighted by atomic mass is 9.69. The van der Waals surface area contributed by atoms with Gasteiger partial charge in [0, 0.05) is 37.7 Å². The highest BCUT2D eigenvalue weighted by atomic mass is 16.5. The minimum atomic E-state index is -0.164. The second-order valence-electron chi connectivity index (χ2n) is 7.18. The molecule has 0 saturated carbocycles. The average molecular weight is 372 g/mol. The van der Waals surface area contributed by atoms with Gasteiger partial charge < -0.3 is 19.7 Å². The van der Waals surface area contributed by atoms with Gasteiger partial charge in [-0.1, -0.05) is 24.3 Å². The first kappa shape index (κ1) is 19.4. The number of fused-ring (bicyclic) bond motifs is 1. The first-order chi connectivity index (χ1) is 13.1. The molecule has 1 aromatic carbocycles. The first-order valence-electron chi connectivity index (χ1n) is 9.59. The number of nitrogens with one attached hydrogen (secondary N) is 1. The van der Waals surface area contributed by atoms with Gasteiger partial charge in [0.1, 0.15) is 5.75 Å². The van der Waals surface area contributed by atoms with Crippen molar-refractivity contribution < 1.29 is 19.1 Å². The van der Waals surface area contributed by atoms with Crippen LogP contribution in [0.3, 0.4) is 0 Å². The molecule has 6 nitrogen and oxygen atoms in total. The normalized spacial score (nSPS) is 22.0. The Morgan fingerprint density at radius 3 is 2.85 bits per heavy atom. The monoisotopic (exact) mass is 372 g/mol. The van der Waals surface area contributed by atoms with Crippen molar-refractivity contribution in [1.82, 2.24) is 10.2 Å². The zero-order valence-corrected chi connectivity index (χ0v) is 15.9. The number of para-hydroxylation sites is 1. The molecule has 1 heterocycles. The predicted octanol–water partition coefficient (Wildman–Crippen LogP) is 2.50. The van der Waals surface area contributed by atoms with Gasteiger partial charge in [0.15, 0.2) is 6.61 Å². The molecule has 1 aliphatic heterocycles. The molecule has 1 aliphatic carbocycles. The third-order valence-electron chi connectivity index (χ3n) is 5.41. The van der Waals surface area contributed by atoms with E-state index >= 15 is 0 Å². The van der Waals surface area contributed by atoms with Crippen molar-refractivity contribution in [3.63, 3.8) is 0 Å². The van der Waals surface area contributed by atoms with Gasteiger partial charge in [-0.25, -0.2) is 0 Å². The summed E-state index contributed by atoms with van der Waals surface area (Å²) in [4.78, 5) is 26.6. The minimum Gasteiger partial charge on any atom is -0.484 e. The number of amides is 2. The van der Waals surface area contributed by atoms with E-state index in [-0.39, 0.29) is 23.8 Å². The summed E-state index contributed by atoms with van der Waals surface area (Å²) in [5, 5.41) is 3.03. The van der Waals surface area contributed by atoms with Crippen LogP contribution < -0.4 is 10.1 Å².